The first kappa shape index (κ1) is 23.7. The Hall–Kier alpha value is -1.55. The average molecular weight is 529 g/mol. The number of aromatic nitrogens is 1. The van der Waals surface area contributed by atoms with Crippen LogP contribution in [0.4, 0.5) is 5.13 Å². The van der Waals surface area contributed by atoms with E-state index in [2.05, 4.69) is 33.9 Å². The van der Waals surface area contributed by atoms with Crippen molar-refractivity contribution < 1.29 is 4.74 Å². The lowest BCUT2D eigenvalue weighted by Gasteiger charge is -2.13. The molecule has 0 unspecified atom stereocenters. The van der Waals surface area contributed by atoms with E-state index >= 15 is 0 Å². The molecule has 0 saturated carbocycles. The highest BCUT2D eigenvalue weighted by Gasteiger charge is 2.15. The van der Waals surface area contributed by atoms with Gasteiger partial charge in [0.25, 0.3) is 0 Å². The molecule has 0 radical (unpaired) electrons. The summed E-state index contributed by atoms with van der Waals surface area (Å²) in [5.41, 5.74) is 2.24. The third-order valence-corrected chi connectivity index (χ3v) is 5.56. The summed E-state index contributed by atoms with van der Waals surface area (Å²) in [7, 11) is 0. The molecule has 8 heteroatoms. The lowest BCUT2D eigenvalue weighted by Crippen LogP contribution is -2.38. The molecule has 6 nitrogen and oxygen atoms in total. The van der Waals surface area contributed by atoms with Crippen molar-refractivity contribution in [3.05, 3.63) is 40.9 Å². The summed E-state index contributed by atoms with van der Waals surface area (Å²) in [6.45, 7) is 9.25. The molecule has 0 atom stereocenters. The van der Waals surface area contributed by atoms with E-state index in [0.29, 0.717) is 13.2 Å². The number of aliphatic imine (C=N–C) groups is 1. The standard InChI is InChI=1S/C21H31N5OS.HI/c1-3-22-20(24-15-17-9-5-6-10-19(17)27-4-2)23-12-11-18-16-28-21(25-18)26-13-7-8-14-26;/h5-6,9-10,16H,3-4,7-8,11-15H2,1-2H3,(H2,22,23,24);1H. The van der Waals surface area contributed by atoms with E-state index in [1.807, 2.05) is 25.1 Å². The van der Waals surface area contributed by atoms with Crippen molar-refractivity contribution >= 4 is 46.4 Å². The maximum atomic E-state index is 5.69. The number of para-hydroxylation sites is 1. The van der Waals surface area contributed by atoms with Crippen molar-refractivity contribution in [3.63, 3.8) is 0 Å². The number of hydrogen-bond donors (Lipinski definition) is 2. The molecule has 29 heavy (non-hydrogen) atoms. The van der Waals surface area contributed by atoms with Crippen LogP contribution in [0, 0.1) is 0 Å². The van der Waals surface area contributed by atoms with Crippen LogP contribution in [-0.2, 0) is 13.0 Å². The Morgan fingerprint density at radius 2 is 2.00 bits per heavy atom. The lowest BCUT2D eigenvalue weighted by molar-refractivity contribution is 0.336. The zero-order chi connectivity index (χ0) is 19.6. The Bertz CT molecular complexity index is 761. The monoisotopic (exact) mass is 529 g/mol. The number of rotatable bonds is 9. The molecule has 2 aromatic rings. The van der Waals surface area contributed by atoms with Gasteiger partial charge in [-0.15, -0.1) is 35.3 Å². The minimum atomic E-state index is 0. The number of nitrogens with zero attached hydrogens (tertiary/aromatic N) is 3. The number of hydrogen-bond acceptors (Lipinski definition) is 5. The summed E-state index contributed by atoms with van der Waals surface area (Å²) < 4.78 is 5.69. The van der Waals surface area contributed by atoms with Gasteiger partial charge >= 0.3 is 0 Å². The van der Waals surface area contributed by atoms with Crippen molar-refractivity contribution in [1.29, 1.82) is 0 Å². The predicted octanol–water partition coefficient (Wildman–Crippen LogP) is 4.06. The molecule has 1 aliphatic rings. The topological polar surface area (TPSA) is 61.8 Å². The van der Waals surface area contributed by atoms with Gasteiger partial charge in [0.1, 0.15) is 5.75 Å². The minimum Gasteiger partial charge on any atom is -0.494 e. The van der Waals surface area contributed by atoms with Crippen molar-refractivity contribution in [1.82, 2.24) is 15.6 Å². The van der Waals surface area contributed by atoms with E-state index in [9.17, 15) is 0 Å². The number of halogens is 1. The molecule has 160 valence electrons. The molecule has 0 aliphatic carbocycles. The quantitative estimate of drug-likeness (QED) is 0.292. The molecule has 0 spiro atoms. The molecule has 0 bridgehead atoms. The third kappa shape index (κ3) is 7.33. The van der Waals surface area contributed by atoms with Gasteiger partial charge in [-0.2, -0.15) is 0 Å². The van der Waals surface area contributed by atoms with Gasteiger partial charge in [-0.25, -0.2) is 9.98 Å². The van der Waals surface area contributed by atoms with Crippen molar-refractivity contribution in [2.75, 3.05) is 37.7 Å². The molecule has 2 N–H and O–H groups in total. The van der Waals surface area contributed by atoms with Gasteiger partial charge in [0.2, 0.25) is 0 Å². The first-order chi connectivity index (χ1) is 13.8. The highest BCUT2D eigenvalue weighted by atomic mass is 127. The molecule has 1 fully saturated rings. The van der Waals surface area contributed by atoms with E-state index in [4.69, 9.17) is 14.7 Å². The molecule has 1 aromatic heterocycles. The van der Waals surface area contributed by atoms with Crippen LogP contribution in [0.2, 0.25) is 0 Å². The van der Waals surface area contributed by atoms with Gasteiger partial charge in [0.15, 0.2) is 11.1 Å². The van der Waals surface area contributed by atoms with Crippen LogP contribution in [0.3, 0.4) is 0 Å². The van der Waals surface area contributed by atoms with Crippen LogP contribution in [-0.4, -0.2) is 43.7 Å². The summed E-state index contributed by atoms with van der Waals surface area (Å²) in [4.78, 5) is 11.9. The van der Waals surface area contributed by atoms with Gasteiger partial charge in [0, 0.05) is 43.5 Å². The molecular formula is C21H32IN5OS. The largest absolute Gasteiger partial charge is 0.494 e. The molecular weight excluding hydrogens is 497 g/mol. The predicted molar refractivity (Wildman–Crippen MR) is 133 cm³/mol. The Morgan fingerprint density at radius 3 is 2.76 bits per heavy atom. The smallest absolute Gasteiger partial charge is 0.191 e. The van der Waals surface area contributed by atoms with Crippen LogP contribution in [0.25, 0.3) is 0 Å². The van der Waals surface area contributed by atoms with Gasteiger partial charge in [0.05, 0.1) is 18.8 Å². The Balaban J connectivity index is 0.00000300. The number of guanidine groups is 1. The van der Waals surface area contributed by atoms with Gasteiger partial charge < -0.3 is 20.3 Å². The molecule has 1 saturated heterocycles. The van der Waals surface area contributed by atoms with E-state index in [1.165, 1.54) is 18.0 Å². The molecule has 3 rings (SSSR count). The summed E-state index contributed by atoms with van der Waals surface area (Å²) in [6, 6.07) is 8.07. The number of thiazole rings is 1. The summed E-state index contributed by atoms with van der Waals surface area (Å²) in [6.07, 6.45) is 3.46. The average Bonchev–Trinajstić information content (AvgIpc) is 3.39. The number of anilines is 1. The Morgan fingerprint density at radius 1 is 1.21 bits per heavy atom. The maximum absolute atomic E-state index is 5.69. The van der Waals surface area contributed by atoms with Crippen LogP contribution < -0.4 is 20.3 Å². The highest BCUT2D eigenvalue weighted by molar-refractivity contribution is 14.0. The fourth-order valence-corrected chi connectivity index (χ4v) is 4.12. The Labute approximate surface area is 195 Å². The molecule has 1 aromatic carbocycles. The first-order valence-corrected chi connectivity index (χ1v) is 11.1. The van der Waals surface area contributed by atoms with Crippen LogP contribution in [0.5, 0.6) is 5.75 Å². The van der Waals surface area contributed by atoms with E-state index in [0.717, 1.165) is 55.6 Å². The SMILES string of the molecule is CCNC(=NCc1ccccc1OCC)NCCc1csc(N2CCCC2)n1.I. The second-order valence-electron chi connectivity index (χ2n) is 6.73. The summed E-state index contributed by atoms with van der Waals surface area (Å²) in [5.74, 6) is 1.73. The number of ether oxygens (including phenoxy) is 1. The van der Waals surface area contributed by atoms with Crippen LogP contribution in [0.15, 0.2) is 34.6 Å². The molecule has 0 amide bonds. The molecule has 2 heterocycles. The summed E-state index contributed by atoms with van der Waals surface area (Å²) >= 11 is 1.76. The molecule has 1 aliphatic heterocycles. The highest BCUT2D eigenvalue weighted by Crippen LogP contribution is 2.24. The second-order valence-corrected chi connectivity index (χ2v) is 7.56. The fourth-order valence-electron chi connectivity index (χ4n) is 3.21. The van der Waals surface area contributed by atoms with E-state index < -0.39 is 0 Å². The number of nitrogens with one attached hydrogen (secondary N) is 2. The van der Waals surface area contributed by atoms with Crippen molar-refractivity contribution in [2.24, 2.45) is 4.99 Å². The zero-order valence-corrected chi connectivity index (χ0v) is 20.5. The van der Waals surface area contributed by atoms with Gasteiger partial charge in [-0.3, -0.25) is 0 Å². The third-order valence-electron chi connectivity index (χ3n) is 4.61. The fraction of sp³-hybridized carbons (Fsp3) is 0.524. The van der Waals surface area contributed by atoms with E-state index in [-0.39, 0.29) is 24.0 Å². The van der Waals surface area contributed by atoms with Gasteiger partial charge in [-0.1, -0.05) is 18.2 Å². The van der Waals surface area contributed by atoms with Gasteiger partial charge in [-0.05, 0) is 32.8 Å². The zero-order valence-electron chi connectivity index (χ0n) is 17.3. The van der Waals surface area contributed by atoms with Crippen molar-refractivity contribution in [3.8, 4) is 5.75 Å². The number of benzene rings is 1. The minimum absolute atomic E-state index is 0. The van der Waals surface area contributed by atoms with Crippen LogP contribution >= 0.6 is 35.3 Å². The Kier molecular flexibility index (Phi) is 10.5. The van der Waals surface area contributed by atoms with Crippen molar-refractivity contribution in [2.45, 2.75) is 39.7 Å². The second kappa shape index (κ2) is 12.9. The lowest BCUT2D eigenvalue weighted by atomic mass is 10.2. The van der Waals surface area contributed by atoms with Crippen LogP contribution in [0.1, 0.15) is 37.9 Å². The first-order valence-electron chi connectivity index (χ1n) is 10.2. The summed E-state index contributed by atoms with van der Waals surface area (Å²) in [5, 5.41) is 10.1. The normalized spacial score (nSPS) is 13.9. The maximum Gasteiger partial charge on any atom is 0.191 e. The van der Waals surface area contributed by atoms with E-state index in [1.54, 1.807) is 11.3 Å².